The molecule has 0 amide bonds. The van der Waals surface area contributed by atoms with Crippen molar-refractivity contribution in [1.82, 2.24) is 0 Å². The molecular weight excluding hydrogens is 404 g/mol. The van der Waals surface area contributed by atoms with Crippen molar-refractivity contribution in [3.8, 4) is 0 Å². The maximum atomic E-state index is 12.9. The number of aliphatic carboxylic acids is 2. The summed E-state index contributed by atoms with van der Waals surface area (Å²) in [6.07, 6.45) is 4.03. The molecule has 0 spiro atoms. The Morgan fingerprint density at radius 3 is 1.77 bits per heavy atom. The second-order valence-corrected chi connectivity index (χ2v) is 7.71. The van der Waals surface area contributed by atoms with Crippen molar-refractivity contribution in [3.63, 3.8) is 0 Å². The highest BCUT2D eigenvalue weighted by Gasteiger charge is 2.47. The molecule has 0 aliphatic rings. The number of methoxy groups -OCH3 is 1. The predicted molar refractivity (Wildman–Crippen MR) is 116 cm³/mol. The monoisotopic (exact) mass is 442 g/mol. The van der Waals surface area contributed by atoms with E-state index in [1.807, 2.05) is 20.8 Å². The first-order valence-electron chi connectivity index (χ1n) is 11.2. The van der Waals surface area contributed by atoms with Gasteiger partial charge in [0.05, 0.1) is 5.57 Å². The Hall–Kier alpha value is -2.22. The summed E-state index contributed by atoms with van der Waals surface area (Å²) in [6.45, 7) is 5.97. The minimum Gasteiger partial charge on any atom is -0.481 e. The van der Waals surface area contributed by atoms with E-state index < -0.39 is 34.9 Å². The third kappa shape index (κ3) is 9.21. The van der Waals surface area contributed by atoms with Crippen LogP contribution >= 0.6 is 0 Å². The fourth-order valence-corrected chi connectivity index (χ4v) is 3.54. The molecule has 2 N–H and O–H groups in total. The maximum absolute atomic E-state index is 12.9. The summed E-state index contributed by atoms with van der Waals surface area (Å²) in [5.41, 5.74) is -2.37. The Kier molecular flexibility index (Phi) is 14.4. The summed E-state index contributed by atoms with van der Waals surface area (Å²) in [5, 5.41) is 20.2. The van der Waals surface area contributed by atoms with Gasteiger partial charge in [-0.15, -0.1) is 0 Å². The van der Waals surface area contributed by atoms with Gasteiger partial charge in [0, 0.05) is 25.7 Å². The van der Waals surface area contributed by atoms with Crippen molar-refractivity contribution in [3.05, 3.63) is 11.1 Å². The first-order valence-corrected chi connectivity index (χ1v) is 11.2. The highest BCUT2D eigenvalue weighted by Crippen LogP contribution is 2.42. The molecule has 0 aromatic rings. The van der Waals surface area contributed by atoms with E-state index in [-0.39, 0.29) is 31.3 Å². The lowest BCUT2D eigenvalue weighted by Gasteiger charge is -2.32. The number of hydrogen-bond acceptors (Lipinski definition) is 6. The van der Waals surface area contributed by atoms with Crippen LogP contribution in [-0.4, -0.2) is 47.8 Å². The number of hydrogen-bond donors (Lipinski definition) is 2. The van der Waals surface area contributed by atoms with Crippen LogP contribution in [0.15, 0.2) is 11.1 Å². The molecule has 0 unspecified atom stereocenters. The SMILES string of the molecule is CCCCC(C(=O)OC(=O)CCCOC)=C(C(=O)O)C(CCCC)(CCCC)C(=O)O. The van der Waals surface area contributed by atoms with Crippen LogP contribution in [0, 0.1) is 5.41 Å². The Morgan fingerprint density at radius 2 is 1.35 bits per heavy atom. The standard InChI is InChI=1S/C23H38O8/c1-5-8-12-17(21(27)31-18(24)13-11-16-30-4)19(20(25)26)23(22(28)29,14-9-6-2)15-10-7-3/h5-16H2,1-4H3,(H,25,26)(H,28,29). The molecule has 0 heterocycles. The molecule has 0 aliphatic heterocycles. The number of carboxylic acids is 2. The van der Waals surface area contributed by atoms with Crippen LogP contribution in [0.25, 0.3) is 0 Å². The van der Waals surface area contributed by atoms with Gasteiger partial charge in [-0.3, -0.25) is 9.59 Å². The lowest BCUT2D eigenvalue weighted by Crippen LogP contribution is -2.38. The van der Waals surface area contributed by atoms with Crippen molar-refractivity contribution < 1.29 is 38.9 Å². The zero-order valence-corrected chi connectivity index (χ0v) is 19.3. The molecule has 0 bridgehead atoms. The number of esters is 2. The van der Waals surface area contributed by atoms with E-state index in [0.717, 1.165) is 0 Å². The van der Waals surface area contributed by atoms with E-state index >= 15 is 0 Å². The second kappa shape index (κ2) is 15.6. The number of carbonyl (C=O) groups is 4. The van der Waals surface area contributed by atoms with Crippen LogP contribution in [0.2, 0.25) is 0 Å². The molecule has 0 aliphatic carbocycles. The first kappa shape index (κ1) is 28.8. The first-order chi connectivity index (χ1) is 14.7. The maximum Gasteiger partial charge on any atom is 0.342 e. The van der Waals surface area contributed by atoms with Gasteiger partial charge in [-0.05, 0) is 32.1 Å². The molecule has 0 aromatic carbocycles. The van der Waals surface area contributed by atoms with Crippen LogP contribution in [0.1, 0.15) is 91.4 Å². The van der Waals surface area contributed by atoms with Crippen molar-refractivity contribution in [2.24, 2.45) is 5.41 Å². The molecule has 31 heavy (non-hydrogen) atoms. The molecule has 0 aromatic heterocycles. The summed E-state index contributed by atoms with van der Waals surface area (Å²) in [4.78, 5) is 49.7. The summed E-state index contributed by atoms with van der Waals surface area (Å²) in [6, 6.07) is 0. The van der Waals surface area contributed by atoms with Crippen LogP contribution in [-0.2, 0) is 28.7 Å². The van der Waals surface area contributed by atoms with E-state index in [1.54, 1.807) is 0 Å². The van der Waals surface area contributed by atoms with Crippen LogP contribution in [0.4, 0.5) is 0 Å². The third-order valence-corrected chi connectivity index (χ3v) is 5.28. The highest BCUT2D eigenvalue weighted by molar-refractivity contribution is 6.06. The Bertz CT molecular complexity index is 627. The number of carboxylic acid groups (broad SMARTS) is 2. The lowest BCUT2D eigenvalue weighted by atomic mass is 9.70. The average Bonchev–Trinajstić information content (AvgIpc) is 2.71. The summed E-state index contributed by atoms with van der Waals surface area (Å²) >= 11 is 0. The van der Waals surface area contributed by atoms with E-state index in [0.29, 0.717) is 51.6 Å². The summed E-state index contributed by atoms with van der Waals surface area (Å²) < 4.78 is 9.79. The van der Waals surface area contributed by atoms with Crippen LogP contribution in [0.5, 0.6) is 0 Å². The molecule has 8 heteroatoms. The van der Waals surface area contributed by atoms with Gasteiger partial charge >= 0.3 is 23.9 Å². The van der Waals surface area contributed by atoms with Gasteiger partial charge in [0.1, 0.15) is 5.41 Å². The zero-order chi connectivity index (χ0) is 23.9. The number of carbonyl (C=O) groups excluding carboxylic acids is 2. The molecule has 0 rings (SSSR count). The van der Waals surface area contributed by atoms with Crippen molar-refractivity contribution >= 4 is 23.9 Å². The highest BCUT2D eigenvalue weighted by atomic mass is 16.6. The molecule has 0 saturated carbocycles. The van der Waals surface area contributed by atoms with E-state index in [9.17, 15) is 29.4 Å². The summed E-state index contributed by atoms with van der Waals surface area (Å²) in [5.74, 6) is -4.57. The number of rotatable bonds is 17. The Balaban J connectivity index is 6.41. The molecule has 0 saturated heterocycles. The Labute approximate surface area is 185 Å². The van der Waals surface area contributed by atoms with Gasteiger partial charge in [0.15, 0.2) is 0 Å². The molecule has 8 nitrogen and oxygen atoms in total. The topological polar surface area (TPSA) is 127 Å². The quantitative estimate of drug-likeness (QED) is 0.146. The van der Waals surface area contributed by atoms with Gasteiger partial charge in [-0.25, -0.2) is 9.59 Å². The molecule has 178 valence electrons. The average molecular weight is 443 g/mol. The minimum absolute atomic E-state index is 0.0373. The normalized spacial score (nSPS) is 12.3. The minimum atomic E-state index is -1.71. The largest absolute Gasteiger partial charge is 0.481 e. The molecule has 0 radical (unpaired) electrons. The number of ether oxygens (including phenoxy) is 2. The van der Waals surface area contributed by atoms with Crippen molar-refractivity contribution in [2.45, 2.75) is 91.4 Å². The Morgan fingerprint density at radius 1 is 0.806 bits per heavy atom. The summed E-state index contributed by atoms with van der Waals surface area (Å²) in [7, 11) is 1.49. The predicted octanol–water partition coefficient (Wildman–Crippen LogP) is 4.51. The number of unbranched alkanes of at least 4 members (excludes halogenated alkanes) is 3. The van der Waals surface area contributed by atoms with Gasteiger partial charge in [0.2, 0.25) is 0 Å². The van der Waals surface area contributed by atoms with Crippen molar-refractivity contribution in [1.29, 1.82) is 0 Å². The molecule has 0 atom stereocenters. The fraction of sp³-hybridized carbons (Fsp3) is 0.739. The second-order valence-electron chi connectivity index (χ2n) is 7.71. The third-order valence-electron chi connectivity index (χ3n) is 5.28. The van der Waals surface area contributed by atoms with E-state index in [4.69, 9.17) is 9.47 Å². The van der Waals surface area contributed by atoms with Gasteiger partial charge < -0.3 is 19.7 Å². The van der Waals surface area contributed by atoms with Crippen molar-refractivity contribution in [2.75, 3.05) is 13.7 Å². The van der Waals surface area contributed by atoms with E-state index in [2.05, 4.69) is 0 Å². The molecule has 0 fully saturated rings. The van der Waals surface area contributed by atoms with E-state index in [1.165, 1.54) is 7.11 Å². The zero-order valence-electron chi connectivity index (χ0n) is 19.3. The van der Waals surface area contributed by atoms with Crippen LogP contribution in [0.3, 0.4) is 0 Å². The van der Waals surface area contributed by atoms with Crippen LogP contribution < -0.4 is 0 Å². The molecular formula is C23H38O8. The van der Waals surface area contributed by atoms with Gasteiger partial charge in [0.25, 0.3) is 0 Å². The fourth-order valence-electron chi connectivity index (χ4n) is 3.54. The van der Waals surface area contributed by atoms with Gasteiger partial charge in [-0.1, -0.05) is 52.9 Å². The lowest BCUT2D eigenvalue weighted by molar-refractivity contribution is -0.157. The smallest absolute Gasteiger partial charge is 0.342 e. The van der Waals surface area contributed by atoms with Gasteiger partial charge in [-0.2, -0.15) is 0 Å².